The van der Waals surface area contributed by atoms with Gasteiger partial charge in [0.2, 0.25) is 0 Å². The molecule has 18 heavy (non-hydrogen) atoms. The lowest BCUT2D eigenvalue weighted by Crippen LogP contribution is -2.88. The van der Waals surface area contributed by atoms with Crippen LogP contribution in [0.25, 0.3) is 0 Å². The lowest BCUT2D eigenvalue weighted by Gasteiger charge is -2.06. The Hall–Kier alpha value is -1.88. The molecular formula is C13H20N3O2+. The zero-order valence-electron chi connectivity index (χ0n) is 10.8. The SMILES string of the molecule is CCc1cccc(NC(=O)C[NH2+]CC(=O)NC)c1. The summed E-state index contributed by atoms with van der Waals surface area (Å²) in [6, 6.07) is 7.75. The third kappa shape index (κ3) is 4.97. The van der Waals surface area contributed by atoms with Gasteiger partial charge in [-0.25, -0.2) is 0 Å². The molecule has 1 aromatic rings. The number of likely N-dealkylation sites (N-methyl/N-ethyl adjacent to an activating group) is 1. The van der Waals surface area contributed by atoms with Crippen molar-refractivity contribution in [2.24, 2.45) is 0 Å². The van der Waals surface area contributed by atoms with Crippen LogP contribution in [0.15, 0.2) is 24.3 Å². The Labute approximate surface area is 107 Å². The van der Waals surface area contributed by atoms with Crippen molar-refractivity contribution in [2.45, 2.75) is 13.3 Å². The topological polar surface area (TPSA) is 74.8 Å². The number of carbonyl (C=O) groups is 2. The predicted octanol–water partition coefficient (Wildman–Crippen LogP) is -0.503. The van der Waals surface area contributed by atoms with E-state index in [1.54, 1.807) is 12.4 Å². The molecule has 0 fully saturated rings. The highest BCUT2D eigenvalue weighted by Gasteiger charge is 2.06. The summed E-state index contributed by atoms with van der Waals surface area (Å²) in [4.78, 5) is 22.6. The van der Waals surface area contributed by atoms with Crippen LogP contribution in [-0.4, -0.2) is 32.0 Å². The average molecular weight is 250 g/mol. The second-order valence-corrected chi connectivity index (χ2v) is 3.97. The number of hydrogen-bond donors (Lipinski definition) is 3. The first-order valence-electron chi connectivity index (χ1n) is 6.06. The molecule has 1 rings (SSSR count). The second-order valence-electron chi connectivity index (χ2n) is 3.97. The maximum Gasteiger partial charge on any atom is 0.279 e. The Kier molecular flexibility index (Phi) is 5.87. The third-order valence-electron chi connectivity index (χ3n) is 2.56. The maximum atomic E-state index is 11.6. The lowest BCUT2D eigenvalue weighted by molar-refractivity contribution is -0.632. The molecule has 0 aromatic heterocycles. The van der Waals surface area contributed by atoms with E-state index in [9.17, 15) is 9.59 Å². The van der Waals surface area contributed by atoms with E-state index in [1.165, 1.54) is 5.56 Å². The zero-order chi connectivity index (χ0) is 13.4. The van der Waals surface area contributed by atoms with E-state index in [0.717, 1.165) is 12.1 Å². The van der Waals surface area contributed by atoms with Crippen LogP contribution >= 0.6 is 0 Å². The Morgan fingerprint density at radius 2 is 1.94 bits per heavy atom. The summed E-state index contributed by atoms with van der Waals surface area (Å²) >= 11 is 0. The third-order valence-corrected chi connectivity index (χ3v) is 2.56. The minimum absolute atomic E-state index is 0.0872. The monoisotopic (exact) mass is 250 g/mol. The second kappa shape index (κ2) is 7.45. The molecule has 0 saturated carbocycles. The van der Waals surface area contributed by atoms with Gasteiger partial charge in [-0.3, -0.25) is 9.59 Å². The van der Waals surface area contributed by atoms with Crippen molar-refractivity contribution in [1.29, 1.82) is 0 Å². The quantitative estimate of drug-likeness (QED) is 0.636. The van der Waals surface area contributed by atoms with Gasteiger partial charge < -0.3 is 16.0 Å². The number of amides is 2. The molecule has 5 nitrogen and oxygen atoms in total. The molecule has 5 heteroatoms. The zero-order valence-corrected chi connectivity index (χ0v) is 10.8. The van der Waals surface area contributed by atoms with Gasteiger partial charge in [0.25, 0.3) is 11.8 Å². The molecule has 4 N–H and O–H groups in total. The molecule has 0 atom stereocenters. The van der Waals surface area contributed by atoms with Crippen LogP contribution in [0.5, 0.6) is 0 Å². The van der Waals surface area contributed by atoms with Gasteiger partial charge in [-0.2, -0.15) is 0 Å². The predicted molar refractivity (Wildman–Crippen MR) is 70.2 cm³/mol. The van der Waals surface area contributed by atoms with E-state index in [-0.39, 0.29) is 24.9 Å². The van der Waals surface area contributed by atoms with Gasteiger partial charge in [0.05, 0.1) is 0 Å². The van der Waals surface area contributed by atoms with Gasteiger partial charge in [0.15, 0.2) is 13.1 Å². The van der Waals surface area contributed by atoms with Gasteiger partial charge in [-0.1, -0.05) is 19.1 Å². The van der Waals surface area contributed by atoms with E-state index >= 15 is 0 Å². The number of carbonyl (C=O) groups excluding carboxylic acids is 2. The minimum atomic E-state index is -0.104. The van der Waals surface area contributed by atoms with Gasteiger partial charge in [-0.15, -0.1) is 0 Å². The molecule has 0 radical (unpaired) electrons. The van der Waals surface area contributed by atoms with E-state index in [0.29, 0.717) is 0 Å². The molecule has 98 valence electrons. The summed E-state index contributed by atoms with van der Waals surface area (Å²) in [6.07, 6.45) is 0.937. The highest BCUT2D eigenvalue weighted by Crippen LogP contribution is 2.10. The van der Waals surface area contributed by atoms with Gasteiger partial charge >= 0.3 is 0 Å². The van der Waals surface area contributed by atoms with Crippen molar-refractivity contribution in [1.82, 2.24) is 5.32 Å². The number of quaternary nitrogens is 1. The van der Waals surface area contributed by atoms with E-state index in [4.69, 9.17) is 0 Å². The van der Waals surface area contributed by atoms with E-state index in [2.05, 4.69) is 17.6 Å². The van der Waals surface area contributed by atoms with Crippen LogP contribution in [0.3, 0.4) is 0 Å². The molecule has 0 spiro atoms. The molecule has 0 aliphatic heterocycles. The lowest BCUT2D eigenvalue weighted by atomic mass is 10.1. The molecule has 0 unspecified atom stereocenters. The number of hydrogen-bond acceptors (Lipinski definition) is 2. The van der Waals surface area contributed by atoms with Crippen LogP contribution < -0.4 is 16.0 Å². The smallest absolute Gasteiger partial charge is 0.279 e. The van der Waals surface area contributed by atoms with Crippen molar-refractivity contribution < 1.29 is 14.9 Å². The molecule has 0 aliphatic carbocycles. The normalized spacial score (nSPS) is 9.89. The Balaban J connectivity index is 2.37. The molecule has 0 heterocycles. The van der Waals surface area contributed by atoms with Crippen LogP contribution in [-0.2, 0) is 16.0 Å². The highest BCUT2D eigenvalue weighted by atomic mass is 16.2. The van der Waals surface area contributed by atoms with Crippen LogP contribution in [0.1, 0.15) is 12.5 Å². The molecule has 0 saturated heterocycles. The highest BCUT2D eigenvalue weighted by molar-refractivity contribution is 5.91. The van der Waals surface area contributed by atoms with Gasteiger partial charge in [-0.05, 0) is 24.1 Å². The summed E-state index contributed by atoms with van der Waals surface area (Å²) in [6.45, 7) is 2.57. The Morgan fingerprint density at radius 1 is 1.22 bits per heavy atom. The largest absolute Gasteiger partial charge is 0.354 e. The van der Waals surface area contributed by atoms with Crippen LogP contribution in [0, 0.1) is 0 Å². The van der Waals surface area contributed by atoms with Crippen molar-refractivity contribution in [3.05, 3.63) is 29.8 Å². The first-order valence-corrected chi connectivity index (χ1v) is 6.06. The molecule has 1 aromatic carbocycles. The Morgan fingerprint density at radius 3 is 2.61 bits per heavy atom. The fraction of sp³-hybridized carbons (Fsp3) is 0.385. The summed E-state index contributed by atoms with van der Waals surface area (Å²) in [5.41, 5.74) is 1.98. The average Bonchev–Trinajstić information content (AvgIpc) is 2.38. The number of nitrogens with two attached hydrogens (primary N) is 1. The molecular weight excluding hydrogens is 230 g/mol. The van der Waals surface area contributed by atoms with Crippen LogP contribution in [0.2, 0.25) is 0 Å². The fourth-order valence-corrected chi connectivity index (χ4v) is 1.52. The minimum Gasteiger partial charge on any atom is -0.354 e. The first kappa shape index (κ1) is 14.2. The van der Waals surface area contributed by atoms with Crippen molar-refractivity contribution in [3.8, 4) is 0 Å². The summed E-state index contributed by atoms with van der Waals surface area (Å²) < 4.78 is 0. The van der Waals surface area contributed by atoms with Gasteiger partial charge in [0, 0.05) is 12.7 Å². The molecule has 0 bridgehead atoms. The first-order chi connectivity index (χ1) is 8.65. The standard InChI is InChI=1S/C13H19N3O2/c1-3-10-5-4-6-11(7-10)16-13(18)9-15-8-12(17)14-2/h4-7,15H,3,8-9H2,1-2H3,(H,14,17)(H,16,18)/p+1. The maximum absolute atomic E-state index is 11.6. The number of aryl methyl sites for hydroxylation is 1. The number of anilines is 1. The number of benzene rings is 1. The molecule has 2 amide bonds. The molecule has 0 aliphatic rings. The van der Waals surface area contributed by atoms with E-state index in [1.807, 2.05) is 24.3 Å². The van der Waals surface area contributed by atoms with Crippen molar-refractivity contribution in [3.63, 3.8) is 0 Å². The van der Waals surface area contributed by atoms with Crippen molar-refractivity contribution in [2.75, 3.05) is 25.5 Å². The number of nitrogens with one attached hydrogen (secondary N) is 2. The Bertz CT molecular complexity index is 418. The number of rotatable bonds is 6. The van der Waals surface area contributed by atoms with Gasteiger partial charge in [0.1, 0.15) is 0 Å². The fourth-order valence-electron chi connectivity index (χ4n) is 1.52. The van der Waals surface area contributed by atoms with E-state index < -0.39 is 0 Å². The summed E-state index contributed by atoms with van der Waals surface area (Å²) in [5.74, 6) is -0.192. The van der Waals surface area contributed by atoms with Crippen molar-refractivity contribution >= 4 is 17.5 Å². The van der Waals surface area contributed by atoms with Crippen LogP contribution in [0.4, 0.5) is 5.69 Å². The summed E-state index contributed by atoms with van der Waals surface area (Å²) in [7, 11) is 1.58. The summed E-state index contributed by atoms with van der Waals surface area (Å²) in [5, 5.41) is 6.97.